The minimum atomic E-state index is -3.69. The van der Waals surface area contributed by atoms with Crippen molar-refractivity contribution in [2.75, 3.05) is 6.61 Å². The molecule has 0 heterocycles. The largest absolute Gasteiger partial charge is 0.358 e. The molecule has 1 unspecified atom stereocenters. The summed E-state index contributed by atoms with van der Waals surface area (Å²) in [7, 11) is -3.69. The highest BCUT2D eigenvalue weighted by molar-refractivity contribution is 7.61. The molecule has 0 saturated carbocycles. The van der Waals surface area contributed by atoms with Gasteiger partial charge in [0.2, 0.25) is 0 Å². The molecule has 0 aliphatic rings. The lowest BCUT2D eigenvalue weighted by atomic mass is 10.1. The molecule has 18 heavy (non-hydrogen) atoms. The topological polar surface area (TPSA) is 46.5 Å². The molecule has 94 valence electrons. The van der Waals surface area contributed by atoms with Crippen LogP contribution in [0.1, 0.15) is 6.92 Å². The van der Waals surface area contributed by atoms with Crippen LogP contribution in [0, 0.1) is 0 Å². The third kappa shape index (κ3) is 2.88. The van der Waals surface area contributed by atoms with Crippen molar-refractivity contribution in [2.24, 2.45) is 0 Å². The number of benzene rings is 2. The van der Waals surface area contributed by atoms with Crippen LogP contribution in [0.2, 0.25) is 0 Å². The predicted octanol–water partition coefficient (Wildman–Crippen LogP) is 3.20. The summed E-state index contributed by atoms with van der Waals surface area (Å²) in [5, 5.41) is 0.325. The molecule has 0 radical (unpaired) electrons. The molecule has 4 heteroatoms. The average Bonchev–Trinajstić information content (AvgIpc) is 2.40. The summed E-state index contributed by atoms with van der Waals surface area (Å²) in [6.07, 6.45) is 0. The van der Waals surface area contributed by atoms with Gasteiger partial charge in [-0.15, -0.1) is 0 Å². The predicted molar refractivity (Wildman–Crippen MR) is 73.0 cm³/mol. The molecule has 3 nitrogen and oxygen atoms in total. The van der Waals surface area contributed by atoms with E-state index in [1.807, 2.05) is 36.4 Å². The van der Waals surface area contributed by atoms with Crippen LogP contribution in [0.15, 0.2) is 54.6 Å². The smallest absolute Gasteiger partial charge is 0.321 e. The quantitative estimate of drug-likeness (QED) is 0.861. The lowest BCUT2D eigenvalue weighted by Gasteiger charge is -2.12. The van der Waals surface area contributed by atoms with E-state index >= 15 is 0 Å². The highest BCUT2D eigenvalue weighted by Crippen LogP contribution is 2.41. The molecule has 0 aromatic heterocycles. The maximum absolute atomic E-state index is 11.9. The summed E-state index contributed by atoms with van der Waals surface area (Å²) in [5.41, 5.74) is 1.91. The molecule has 2 aromatic carbocycles. The fraction of sp³-hybridized carbons (Fsp3) is 0.143. The highest BCUT2D eigenvalue weighted by atomic mass is 31.2. The van der Waals surface area contributed by atoms with Crippen molar-refractivity contribution in [2.45, 2.75) is 6.92 Å². The summed E-state index contributed by atoms with van der Waals surface area (Å²) < 4.78 is 16.8. The van der Waals surface area contributed by atoms with E-state index in [1.54, 1.807) is 25.1 Å². The molecule has 0 spiro atoms. The van der Waals surface area contributed by atoms with Gasteiger partial charge in [-0.1, -0.05) is 42.5 Å². The first-order valence-electron chi connectivity index (χ1n) is 5.77. The van der Waals surface area contributed by atoms with Gasteiger partial charge in [-0.2, -0.15) is 0 Å². The Morgan fingerprint density at radius 3 is 2.39 bits per heavy atom. The Morgan fingerprint density at radius 2 is 1.72 bits per heavy atom. The monoisotopic (exact) mass is 262 g/mol. The third-order valence-electron chi connectivity index (χ3n) is 2.58. The lowest BCUT2D eigenvalue weighted by molar-refractivity contribution is 0.284. The van der Waals surface area contributed by atoms with E-state index in [9.17, 15) is 9.46 Å². The van der Waals surface area contributed by atoms with Gasteiger partial charge in [0.05, 0.1) is 11.9 Å². The molecule has 1 atom stereocenters. The maximum Gasteiger partial charge on any atom is 0.358 e. The Kier molecular flexibility index (Phi) is 3.97. The van der Waals surface area contributed by atoms with Crippen molar-refractivity contribution >= 4 is 12.9 Å². The first-order valence-corrected chi connectivity index (χ1v) is 7.34. The average molecular weight is 262 g/mol. The van der Waals surface area contributed by atoms with Crippen LogP contribution < -0.4 is 5.30 Å². The second-order valence-electron chi connectivity index (χ2n) is 3.85. The van der Waals surface area contributed by atoms with Crippen LogP contribution >= 0.6 is 7.60 Å². The standard InChI is InChI=1S/C14H15O3P/c1-2-17-18(15,16)14-10-6-9-13(11-14)12-7-4-3-5-8-12/h3-11H,2H2,1H3,(H,15,16). The summed E-state index contributed by atoms with van der Waals surface area (Å²) in [4.78, 5) is 9.79. The van der Waals surface area contributed by atoms with Crippen molar-refractivity contribution in [3.63, 3.8) is 0 Å². The molecular formula is C14H15O3P. The van der Waals surface area contributed by atoms with Crippen molar-refractivity contribution in [3.05, 3.63) is 54.6 Å². The van der Waals surface area contributed by atoms with Gasteiger partial charge in [-0.3, -0.25) is 4.57 Å². The fourth-order valence-electron chi connectivity index (χ4n) is 1.74. The zero-order chi connectivity index (χ0) is 13.0. The van der Waals surface area contributed by atoms with Crippen molar-refractivity contribution in [1.82, 2.24) is 0 Å². The van der Waals surface area contributed by atoms with Crippen LogP contribution in [-0.2, 0) is 9.09 Å². The van der Waals surface area contributed by atoms with Gasteiger partial charge in [0.15, 0.2) is 0 Å². The molecule has 0 fully saturated rings. The summed E-state index contributed by atoms with van der Waals surface area (Å²) in [6.45, 7) is 1.91. The van der Waals surface area contributed by atoms with E-state index in [1.165, 1.54) is 0 Å². The number of hydrogen-bond donors (Lipinski definition) is 1. The van der Waals surface area contributed by atoms with Gasteiger partial charge < -0.3 is 9.42 Å². The van der Waals surface area contributed by atoms with Gasteiger partial charge in [-0.05, 0) is 30.2 Å². The SMILES string of the molecule is CCOP(=O)(O)c1cccc(-c2ccccc2)c1. The van der Waals surface area contributed by atoms with E-state index in [0.717, 1.165) is 11.1 Å². The summed E-state index contributed by atoms with van der Waals surface area (Å²) in [6, 6.07) is 16.7. The second-order valence-corrected chi connectivity index (χ2v) is 5.67. The number of hydrogen-bond acceptors (Lipinski definition) is 2. The van der Waals surface area contributed by atoms with Gasteiger partial charge in [0, 0.05) is 0 Å². The Balaban J connectivity index is 2.40. The van der Waals surface area contributed by atoms with Crippen LogP contribution in [0.25, 0.3) is 11.1 Å². The molecule has 0 bridgehead atoms. The zero-order valence-corrected chi connectivity index (χ0v) is 11.0. The van der Waals surface area contributed by atoms with Crippen LogP contribution in [0.3, 0.4) is 0 Å². The van der Waals surface area contributed by atoms with E-state index < -0.39 is 7.60 Å². The third-order valence-corrected chi connectivity index (χ3v) is 4.12. The molecular weight excluding hydrogens is 247 g/mol. The zero-order valence-electron chi connectivity index (χ0n) is 10.1. The molecule has 0 aliphatic heterocycles. The normalized spacial score (nSPS) is 14.1. The van der Waals surface area contributed by atoms with Crippen molar-refractivity contribution < 1.29 is 14.0 Å². The molecule has 2 rings (SSSR count). The lowest BCUT2D eigenvalue weighted by Crippen LogP contribution is -2.07. The first kappa shape index (κ1) is 13.0. The Bertz CT molecular complexity index is 566. The maximum atomic E-state index is 11.9. The Morgan fingerprint density at radius 1 is 1.06 bits per heavy atom. The van der Waals surface area contributed by atoms with Gasteiger partial charge in [0.1, 0.15) is 0 Å². The first-order chi connectivity index (χ1) is 8.63. The molecule has 0 aliphatic carbocycles. The molecule has 1 N–H and O–H groups in total. The van der Waals surface area contributed by atoms with Crippen LogP contribution in [-0.4, -0.2) is 11.5 Å². The van der Waals surface area contributed by atoms with E-state index in [-0.39, 0.29) is 6.61 Å². The summed E-state index contributed by atoms with van der Waals surface area (Å²) >= 11 is 0. The molecule has 0 amide bonds. The van der Waals surface area contributed by atoms with Crippen molar-refractivity contribution in [3.8, 4) is 11.1 Å². The van der Waals surface area contributed by atoms with Gasteiger partial charge >= 0.3 is 7.60 Å². The molecule has 2 aromatic rings. The highest BCUT2D eigenvalue weighted by Gasteiger charge is 2.21. The van der Waals surface area contributed by atoms with E-state index in [4.69, 9.17) is 4.52 Å². The van der Waals surface area contributed by atoms with E-state index in [2.05, 4.69) is 0 Å². The van der Waals surface area contributed by atoms with Crippen LogP contribution in [0.5, 0.6) is 0 Å². The second kappa shape index (κ2) is 5.49. The minimum absolute atomic E-state index is 0.212. The molecule has 0 saturated heterocycles. The Labute approximate surface area is 107 Å². The Hall–Kier alpha value is -1.41. The fourth-order valence-corrected chi connectivity index (χ4v) is 2.82. The van der Waals surface area contributed by atoms with Gasteiger partial charge in [0.25, 0.3) is 0 Å². The van der Waals surface area contributed by atoms with Crippen molar-refractivity contribution in [1.29, 1.82) is 0 Å². The van der Waals surface area contributed by atoms with Gasteiger partial charge in [-0.25, -0.2) is 0 Å². The summed E-state index contributed by atoms with van der Waals surface area (Å²) in [5.74, 6) is 0. The minimum Gasteiger partial charge on any atom is -0.321 e. The van der Waals surface area contributed by atoms with E-state index in [0.29, 0.717) is 5.30 Å². The van der Waals surface area contributed by atoms with Crippen LogP contribution in [0.4, 0.5) is 0 Å². The number of rotatable bonds is 4.